The number of hydrogen-bond acceptors (Lipinski definition) is 2. The fraction of sp³-hybridized carbons (Fsp3) is 0.316. The number of aryl methyl sites for hydroxylation is 2. The smallest absolute Gasteiger partial charge is 0.224 e. The highest BCUT2D eigenvalue weighted by Crippen LogP contribution is 2.16. The lowest BCUT2D eigenvalue weighted by molar-refractivity contribution is -0.121. The monoisotopic (exact) mass is 331 g/mol. The van der Waals surface area contributed by atoms with Crippen molar-refractivity contribution in [3.8, 4) is 5.75 Å². The Labute approximate surface area is 142 Å². The molecule has 4 heteroatoms. The predicted octanol–water partition coefficient (Wildman–Crippen LogP) is 4.08. The van der Waals surface area contributed by atoms with E-state index in [2.05, 4.69) is 19.2 Å². The summed E-state index contributed by atoms with van der Waals surface area (Å²) >= 11 is 5.92. The highest BCUT2D eigenvalue weighted by molar-refractivity contribution is 6.30. The molecule has 0 heterocycles. The fourth-order valence-corrected chi connectivity index (χ4v) is 2.44. The molecule has 1 atom stereocenters. The molecule has 2 rings (SSSR count). The summed E-state index contributed by atoms with van der Waals surface area (Å²) in [6.07, 6.45) is 0.314. The summed E-state index contributed by atoms with van der Waals surface area (Å²) < 4.78 is 5.74. The summed E-state index contributed by atoms with van der Waals surface area (Å²) in [5.74, 6) is 0.785. The van der Waals surface area contributed by atoms with E-state index in [0.717, 1.165) is 11.3 Å². The van der Waals surface area contributed by atoms with Gasteiger partial charge in [-0.1, -0.05) is 29.8 Å². The van der Waals surface area contributed by atoms with Crippen LogP contribution in [0.5, 0.6) is 5.75 Å². The summed E-state index contributed by atoms with van der Waals surface area (Å²) in [7, 11) is 0. The highest BCUT2D eigenvalue weighted by atomic mass is 35.5. The lowest BCUT2D eigenvalue weighted by Crippen LogP contribution is -2.37. The zero-order chi connectivity index (χ0) is 16.8. The van der Waals surface area contributed by atoms with E-state index in [1.54, 1.807) is 12.1 Å². The van der Waals surface area contributed by atoms with Crippen molar-refractivity contribution in [1.82, 2.24) is 5.32 Å². The van der Waals surface area contributed by atoms with E-state index >= 15 is 0 Å². The number of ether oxygens (including phenoxy) is 1. The number of carbonyl (C=O) groups is 1. The summed E-state index contributed by atoms with van der Waals surface area (Å²) in [6, 6.07) is 13.3. The summed E-state index contributed by atoms with van der Waals surface area (Å²) in [5.41, 5.74) is 3.33. The van der Waals surface area contributed by atoms with Crippen LogP contribution < -0.4 is 10.1 Å². The van der Waals surface area contributed by atoms with Crippen LogP contribution in [-0.4, -0.2) is 18.6 Å². The molecule has 0 unspecified atom stereocenters. The first kappa shape index (κ1) is 17.4. The molecule has 0 aliphatic rings. The first-order valence-electron chi connectivity index (χ1n) is 7.68. The molecule has 2 aromatic rings. The molecule has 0 aromatic heterocycles. The van der Waals surface area contributed by atoms with E-state index in [1.807, 2.05) is 37.3 Å². The van der Waals surface area contributed by atoms with Crippen molar-refractivity contribution in [2.24, 2.45) is 0 Å². The molecular formula is C19H22ClNO2. The van der Waals surface area contributed by atoms with E-state index in [0.29, 0.717) is 18.1 Å². The van der Waals surface area contributed by atoms with Crippen LogP contribution in [0.2, 0.25) is 5.02 Å². The van der Waals surface area contributed by atoms with Gasteiger partial charge in [-0.05, 0) is 61.7 Å². The summed E-state index contributed by atoms with van der Waals surface area (Å²) in [4.78, 5) is 12.0. The van der Waals surface area contributed by atoms with Gasteiger partial charge < -0.3 is 10.1 Å². The maximum atomic E-state index is 12.0. The number of amides is 1. The third-order valence-electron chi connectivity index (χ3n) is 3.64. The van der Waals surface area contributed by atoms with Gasteiger partial charge in [0.25, 0.3) is 0 Å². The molecule has 0 radical (unpaired) electrons. The zero-order valence-corrected chi connectivity index (χ0v) is 14.5. The molecule has 2 aromatic carbocycles. The van der Waals surface area contributed by atoms with Crippen molar-refractivity contribution < 1.29 is 9.53 Å². The van der Waals surface area contributed by atoms with E-state index in [4.69, 9.17) is 16.3 Å². The Bertz CT molecular complexity index is 685. The van der Waals surface area contributed by atoms with Crippen LogP contribution in [-0.2, 0) is 11.2 Å². The number of nitrogens with one attached hydrogen (secondary N) is 1. The zero-order valence-electron chi connectivity index (χ0n) is 13.7. The van der Waals surface area contributed by atoms with Crippen LogP contribution in [0.25, 0.3) is 0 Å². The second-order valence-corrected chi connectivity index (χ2v) is 6.27. The van der Waals surface area contributed by atoms with Crippen LogP contribution in [0.1, 0.15) is 23.6 Å². The van der Waals surface area contributed by atoms with Gasteiger partial charge in [-0.15, -0.1) is 0 Å². The van der Waals surface area contributed by atoms with Gasteiger partial charge in [0.15, 0.2) is 0 Å². The van der Waals surface area contributed by atoms with E-state index in [9.17, 15) is 4.79 Å². The molecule has 0 saturated heterocycles. The Balaban J connectivity index is 1.80. The van der Waals surface area contributed by atoms with Gasteiger partial charge in [0.1, 0.15) is 12.4 Å². The van der Waals surface area contributed by atoms with Gasteiger partial charge in [-0.25, -0.2) is 0 Å². The number of carbonyl (C=O) groups excluding carboxylic acids is 1. The molecule has 122 valence electrons. The van der Waals surface area contributed by atoms with Crippen LogP contribution >= 0.6 is 11.6 Å². The Morgan fingerprint density at radius 3 is 2.65 bits per heavy atom. The van der Waals surface area contributed by atoms with Crippen molar-refractivity contribution in [2.75, 3.05) is 6.61 Å². The van der Waals surface area contributed by atoms with Gasteiger partial charge >= 0.3 is 0 Å². The quantitative estimate of drug-likeness (QED) is 0.866. The maximum Gasteiger partial charge on any atom is 0.224 e. The van der Waals surface area contributed by atoms with Crippen LogP contribution in [0.3, 0.4) is 0 Å². The molecule has 0 saturated carbocycles. The highest BCUT2D eigenvalue weighted by Gasteiger charge is 2.09. The van der Waals surface area contributed by atoms with Crippen molar-refractivity contribution >= 4 is 17.5 Å². The Hall–Kier alpha value is -2.00. The van der Waals surface area contributed by atoms with Gasteiger partial charge in [0.2, 0.25) is 5.91 Å². The summed E-state index contributed by atoms with van der Waals surface area (Å²) in [5, 5.41) is 3.58. The fourth-order valence-electron chi connectivity index (χ4n) is 2.22. The number of halogens is 1. The standard InChI is InChI=1S/C19H22ClNO2/c1-13-7-8-18(9-14(13)2)23-12-15(3)21-19(22)11-16-5-4-6-17(20)10-16/h4-10,15H,11-12H2,1-3H3,(H,21,22)/t15-/m1/s1. The topological polar surface area (TPSA) is 38.3 Å². The van der Waals surface area contributed by atoms with Crippen molar-refractivity contribution in [2.45, 2.75) is 33.2 Å². The van der Waals surface area contributed by atoms with Gasteiger partial charge in [-0.2, -0.15) is 0 Å². The van der Waals surface area contributed by atoms with Crippen LogP contribution in [0.15, 0.2) is 42.5 Å². The van der Waals surface area contributed by atoms with Crippen molar-refractivity contribution in [3.05, 3.63) is 64.2 Å². The molecule has 0 aliphatic carbocycles. The molecule has 0 spiro atoms. The molecule has 0 fully saturated rings. The van der Waals surface area contributed by atoms with Gasteiger partial charge in [0, 0.05) is 5.02 Å². The second kappa shape index (κ2) is 8.02. The molecular weight excluding hydrogens is 310 g/mol. The minimum atomic E-state index is -0.0664. The Morgan fingerprint density at radius 2 is 1.96 bits per heavy atom. The lowest BCUT2D eigenvalue weighted by Gasteiger charge is -2.16. The van der Waals surface area contributed by atoms with Crippen LogP contribution in [0.4, 0.5) is 0 Å². The largest absolute Gasteiger partial charge is 0.491 e. The average Bonchev–Trinajstić information content (AvgIpc) is 2.48. The number of benzene rings is 2. The average molecular weight is 332 g/mol. The van der Waals surface area contributed by atoms with Crippen molar-refractivity contribution in [1.29, 1.82) is 0 Å². The number of rotatable bonds is 6. The van der Waals surface area contributed by atoms with Gasteiger partial charge in [-0.3, -0.25) is 4.79 Å². The lowest BCUT2D eigenvalue weighted by atomic mass is 10.1. The van der Waals surface area contributed by atoms with E-state index in [1.165, 1.54) is 11.1 Å². The molecule has 0 bridgehead atoms. The van der Waals surface area contributed by atoms with E-state index in [-0.39, 0.29) is 11.9 Å². The summed E-state index contributed by atoms with van der Waals surface area (Å²) in [6.45, 7) is 6.48. The Kier molecular flexibility index (Phi) is 6.05. The van der Waals surface area contributed by atoms with E-state index < -0.39 is 0 Å². The predicted molar refractivity (Wildman–Crippen MR) is 94.2 cm³/mol. The Morgan fingerprint density at radius 1 is 1.17 bits per heavy atom. The van der Waals surface area contributed by atoms with Gasteiger partial charge in [0.05, 0.1) is 12.5 Å². The third kappa shape index (κ3) is 5.61. The first-order chi connectivity index (χ1) is 10.9. The van der Waals surface area contributed by atoms with Crippen molar-refractivity contribution in [3.63, 3.8) is 0 Å². The molecule has 0 aliphatic heterocycles. The second-order valence-electron chi connectivity index (χ2n) is 5.83. The molecule has 23 heavy (non-hydrogen) atoms. The molecule has 1 amide bonds. The minimum absolute atomic E-state index is 0.0385. The third-order valence-corrected chi connectivity index (χ3v) is 3.87. The maximum absolute atomic E-state index is 12.0. The van der Waals surface area contributed by atoms with Crippen LogP contribution in [0, 0.1) is 13.8 Å². The first-order valence-corrected chi connectivity index (χ1v) is 8.05. The molecule has 3 nitrogen and oxygen atoms in total. The minimum Gasteiger partial charge on any atom is -0.491 e. The normalized spacial score (nSPS) is 11.8. The number of hydrogen-bond donors (Lipinski definition) is 1. The SMILES string of the molecule is Cc1ccc(OC[C@@H](C)NC(=O)Cc2cccc(Cl)c2)cc1C. The molecule has 1 N–H and O–H groups in total.